The second-order valence-corrected chi connectivity index (χ2v) is 2.34. The SMILES string of the molecule is CC.Cc1cnc(C#N)c(F)c1C. The van der Waals surface area contributed by atoms with Crippen LogP contribution in [0.5, 0.6) is 0 Å². The summed E-state index contributed by atoms with van der Waals surface area (Å²) in [5.74, 6) is -0.507. The predicted molar refractivity (Wildman–Crippen MR) is 49.7 cm³/mol. The summed E-state index contributed by atoms with van der Waals surface area (Å²) >= 11 is 0. The lowest BCUT2D eigenvalue weighted by Gasteiger charge is -1.99. The molecule has 0 radical (unpaired) electrons. The molecule has 1 rings (SSSR count). The zero-order chi connectivity index (χ0) is 10.4. The van der Waals surface area contributed by atoms with Crippen LogP contribution in [0, 0.1) is 31.0 Å². The van der Waals surface area contributed by atoms with Gasteiger partial charge in [-0.2, -0.15) is 5.26 Å². The molecule has 70 valence electrons. The summed E-state index contributed by atoms with van der Waals surface area (Å²) in [7, 11) is 0. The van der Waals surface area contributed by atoms with E-state index in [1.807, 2.05) is 13.8 Å². The Hall–Kier alpha value is -1.43. The maximum atomic E-state index is 13.0. The van der Waals surface area contributed by atoms with Crippen LogP contribution in [0.3, 0.4) is 0 Å². The maximum Gasteiger partial charge on any atom is 0.176 e. The normalized spacial score (nSPS) is 8.31. The molecular formula is C10H13FN2. The van der Waals surface area contributed by atoms with Crippen molar-refractivity contribution >= 4 is 0 Å². The van der Waals surface area contributed by atoms with Gasteiger partial charge in [0.2, 0.25) is 0 Å². The fourth-order valence-corrected chi connectivity index (χ4v) is 0.744. The Morgan fingerprint density at radius 2 is 1.92 bits per heavy atom. The zero-order valence-electron chi connectivity index (χ0n) is 8.35. The van der Waals surface area contributed by atoms with Crippen LogP contribution >= 0.6 is 0 Å². The van der Waals surface area contributed by atoms with Gasteiger partial charge in [-0.15, -0.1) is 0 Å². The highest BCUT2D eigenvalue weighted by molar-refractivity contribution is 5.32. The number of halogens is 1. The summed E-state index contributed by atoms with van der Waals surface area (Å²) in [6.07, 6.45) is 1.50. The molecule has 0 amide bonds. The first-order chi connectivity index (χ1) is 6.16. The van der Waals surface area contributed by atoms with E-state index in [0.29, 0.717) is 5.56 Å². The van der Waals surface area contributed by atoms with Gasteiger partial charge in [0, 0.05) is 6.20 Å². The molecule has 0 aliphatic carbocycles. The summed E-state index contributed by atoms with van der Waals surface area (Å²) in [5.41, 5.74) is 1.13. The molecule has 0 aliphatic heterocycles. The lowest BCUT2D eigenvalue weighted by atomic mass is 10.1. The summed E-state index contributed by atoms with van der Waals surface area (Å²) in [6.45, 7) is 7.39. The van der Waals surface area contributed by atoms with E-state index in [0.717, 1.165) is 5.56 Å². The molecule has 0 saturated carbocycles. The minimum atomic E-state index is -0.507. The average molecular weight is 180 g/mol. The third kappa shape index (κ3) is 2.51. The third-order valence-electron chi connectivity index (χ3n) is 1.62. The Bertz CT molecular complexity index is 326. The van der Waals surface area contributed by atoms with Gasteiger partial charge >= 0.3 is 0 Å². The molecule has 0 aromatic carbocycles. The van der Waals surface area contributed by atoms with Crippen molar-refractivity contribution in [3.8, 4) is 6.07 Å². The number of nitrogens with zero attached hydrogens (tertiary/aromatic N) is 2. The van der Waals surface area contributed by atoms with Crippen molar-refractivity contribution in [2.24, 2.45) is 0 Å². The van der Waals surface area contributed by atoms with Gasteiger partial charge in [-0.05, 0) is 25.0 Å². The number of aromatic nitrogens is 1. The average Bonchev–Trinajstić information content (AvgIpc) is 2.18. The van der Waals surface area contributed by atoms with Crippen LogP contribution in [0.2, 0.25) is 0 Å². The second-order valence-electron chi connectivity index (χ2n) is 2.34. The van der Waals surface area contributed by atoms with Crippen molar-refractivity contribution in [2.75, 3.05) is 0 Å². The van der Waals surface area contributed by atoms with Crippen LogP contribution in [0.25, 0.3) is 0 Å². The zero-order valence-corrected chi connectivity index (χ0v) is 8.35. The molecule has 3 heteroatoms. The first-order valence-electron chi connectivity index (χ1n) is 4.18. The van der Waals surface area contributed by atoms with Crippen molar-refractivity contribution < 1.29 is 4.39 Å². The molecule has 1 aromatic heterocycles. The van der Waals surface area contributed by atoms with Crippen LogP contribution < -0.4 is 0 Å². The molecule has 2 nitrogen and oxygen atoms in total. The van der Waals surface area contributed by atoms with Crippen LogP contribution in [0.1, 0.15) is 30.7 Å². The third-order valence-corrected chi connectivity index (χ3v) is 1.62. The molecule has 0 N–H and O–H groups in total. The first-order valence-corrected chi connectivity index (χ1v) is 4.18. The highest BCUT2D eigenvalue weighted by atomic mass is 19.1. The van der Waals surface area contributed by atoms with Crippen molar-refractivity contribution in [3.05, 3.63) is 28.8 Å². The lowest BCUT2D eigenvalue weighted by Crippen LogP contribution is -1.95. The van der Waals surface area contributed by atoms with Gasteiger partial charge in [0.25, 0.3) is 0 Å². The Morgan fingerprint density at radius 1 is 1.38 bits per heavy atom. The molecule has 0 bridgehead atoms. The first kappa shape index (κ1) is 11.6. The highest BCUT2D eigenvalue weighted by Crippen LogP contribution is 2.12. The van der Waals surface area contributed by atoms with Crippen molar-refractivity contribution in [2.45, 2.75) is 27.7 Å². The van der Waals surface area contributed by atoms with E-state index >= 15 is 0 Å². The van der Waals surface area contributed by atoms with Gasteiger partial charge < -0.3 is 0 Å². The number of hydrogen-bond acceptors (Lipinski definition) is 2. The van der Waals surface area contributed by atoms with Gasteiger partial charge in [-0.1, -0.05) is 13.8 Å². The van der Waals surface area contributed by atoms with E-state index in [2.05, 4.69) is 4.98 Å². The Morgan fingerprint density at radius 3 is 2.38 bits per heavy atom. The molecular weight excluding hydrogens is 167 g/mol. The molecule has 0 spiro atoms. The van der Waals surface area contributed by atoms with Crippen LogP contribution in [0.15, 0.2) is 6.20 Å². The molecule has 0 atom stereocenters. The Labute approximate surface area is 78.0 Å². The van der Waals surface area contributed by atoms with Crippen molar-refractivity contribution in [1.29, 1.82) is 5.26 Å². The van der Waals surface area contributed by atoms with Gasteiger partial charge in [-0.3, -0.25) is 0 Å². The van der Waals surface area contributed by atoms with Gasteiger partial charge in [0.05, 0.1) is 0 Å². The van der Waals surface area contributed by atoms with E-state index in [1.165, 1.54) is 6.20 Å². The molecule has 1 aromatic rings. The quantitative estimate of drug-likeness (QED) is 0.615. The standard InChI is InChI=1S/C8H7FN2.C2H6/c1-5-4-11-7(3-10)8(9)6(5)2;1-2/h4H,1-2H3;1-2H3. The van der Waals surface area contributed by atoms with Crippen molar-refractivity contribution in [1.82, 2.24) is 4.98 Å². The number of pyridine rings is 1. The number of hydrogen-bond donors (Lipinski definition) is 0. The topological polar surface area (TPSA) is 36.7 Å². The summed E-state index contributed by atoms with van der Waals surface area (Å²) in [4.78, 5) is 3.62. The van der Waals surface area contributed by atoms with E-state index in [9.17, 15) is 4.39 Å². The van der Waals surface area contributed by atoms with E-state index in [4.69, 9.17) is 5.26 Å². The monoisotopic (exact) mass is 180 g/mol. The second kappa shape index (κ2) is 5.26. The molecule has 0 aliphatic rings. The van der Waals surface area contributed by atoms with E-state index in [-0.39, 0.29) is 5.69 Å². The summed E-state index contributed by atoms with van der Waals surface area (Å²) in [5, 5.41) is 8.38. The van der Waals surface area contributed by atoms with Gasteiger partial charge in [-0.25, -0.2) is 9.37 Å². The van der Waals surface area contributed by atoms with Gasteiger partial charge in [0.15, 0.2) is 11.5 Å². The summed E-state index contributed by atoms with van der Waals surface area (Å²) in [6, 6.07) is 1.68. The Balaban J connectivity index is 0.000000671. The number of aryl methyl sites for hydroxylation is 1. The fraction of sp³-hybridized carbons (Fsp3) is 0.400. The highest BCUT2D eigenvalue weighted by Gasteiger charge is 2.07. The lowest BCUT2D eigenvalue weighted by molar-refractivity contribution is 0.605. The minimum Gasteiger partial charge on any atom is -0.242 e. The van der Waals surface area contributed by atoms with E-state index < -0.39 is 5.82 Å². The molecule has 1 heterocycles. The van der Waals surface area contributed by atoms with Crippen LogP contribution in [-0.2, 0) is 0 Å². The van der Waals surface area contributed by atoms with E-state index in [1.54, 1.807) is 19.9 Å². The molecule has 13 heavy (non-hydrogen) atoms. The van der Waals surface area contributed by atoms with Gasteiger partial charge in [0.1, 0.15) is 6.07 Å². The fourth-order valence-electron chi connectivity index (χ4n) is 0.744. The predicted octanol–water partition coefficient (Wildman–Crippen LogP) is 2.74. The molecule has 0 saturated heterocycles. The number of nitriles is 1. The Kier molecular flexibility index (Phi) is 4.68. The smallest absolute Gasteiger partial charge is 0.176 e. The molecule has 0 fully saturated rings. The summed E-state index contributed by atoms with van der Waals surface area (Å²) < 4.78 is 13.0. The molecule has 0 unspecified atom stereocenters. The minimum absolute atomic E-state index is 0.131. The van der Waals surface area contributed by atoms with Crippen LogP contribution in [0.4, 0.5) is 4.39 Å². The van der Waals surface area contributed by atoms with Crippen molar-refractivity contribution in [3.63, 3.8) is 0 Å². The largest absolute Gasteiger partial charge is 0.242 e. The van der Waals surface area contributed by atoms with Crippen LogP contribution in [-0.4, -0.2) is 4.98 Å². The number of rotatable bonds is 0. The maximum absolute atomic E-state index is 13.0.